The molecule has 3 aromatic heterocycles. The van der Waals surface area contributed by atoms with Gasteiger partial charge in [-0.1, -0.05) is 11.6 Å². The summed E-state index contributed by atoms with van der Waals surface area (Å²) in [5.74, 6) is 0.749. The van der Waals surface area contributed by atoms with Crippen LogP contribution >= 0.6 is 11.6 Å². The van der Waals surface area contributed by atoms with Crippen LogP contribution in [0.15, 0.2) is 24.8 Å². The van der Waals surface area contributed by atoms with E-state index in [9.17, 15) is 0 Å². The molecule has 8 nitrogen and oxygen atoms in total. The van der Waals surface area contributed by atoms with Crippen molar-refractivity contribution in [3.63, 3.8) is 0 Å². The number of hydrogen-bond donors (Lipinski definition) is 1. The second-order valence-electron chi connectivity index (χ2n) is 9.73. The van der Waals surface area contributed by atoms with Gasteiger partial charge in [-0.3, -0.25) is 4.98 Å². The van der Waals surface area contributed by atoms with Crippen LogP contribution in [-0.4, -0.2) is 44.1 Å². The monoisotopic (exact) mass is 469 g/mol. The van der Waals surface area contributed by atoms with Crippen LogP contribution in [0.3, 0.4) is 0 Å². The number of fused-ring (bicyclic) bond motifs is 3. The Balaban J connectivity index is 1.30. The summed E-state index contributed by atoms with van der Waals surface area (Å²) in [6.07, 6.45) is 10.1. The first-order chi connectivity index (χ1) is 15.9. The van der Waals surface area contributed by atoms with E-state index in [1.165, 1.54) is 6.33 Å². The Kier molecular flexibility index (Phi) is 5.01. The second kappa shape index (κ2) is 7.82. The summed E-state index contributed by atoms with van der Waals surface area (Å²) in [5.41, 5.74) is 9.15. The smallest absolute Gasteiger partial charge is 0.163 e. The molecule has 9 heteroatoms. The van der Waals surface area contributed by atoms with Crippen LogP contribution in [0.25, 0.3) is 11.0 Å². The molecule has 3 aromatic rings. The molecule has 33 heavy (non-hydrogen) atoms. The molecule has 1 aliphatic heterocycles. The van der Waals surface area contributed by atoms with Gasteiger partial charge in [0.2, 0.25) is 0 Å². The third-order valence-corrected chi connectivity index (χ3v) is 7.42. The highest BCUT2D eigenvalue weighted by molar-refractivity contribution is 6.32. The maximum absolute atomic E-state index is 6.52. The van der Waals surface area contributed by atoms with Crippen LogP contribution in [0.1, 0.15) is 50.4 Å². The molecule has 1 saturated carbocycles. The summed E-state index contributed by atoms with van der Waals surface area (Å²) < 4.78 is 21.3. The Hall–Kier alpha value is -2.42. The average Bonchev–Trinajstić information content (AvgIpc) is 3.45. The van der Waals surface area contributed by atoms with Crippen LogP contribution in [0.4, 0.5) is 5.82 Å². The SMILES string of the molecule is CC1(C)O[C@@H]2[C@H](O1)C(COc1c(Cl)cnc3c1CCCC3)C[C@H]2n1ccc2c(N)ncnc21. The first-order valence-electron chi connectivity index (χ1n) is 11.6. The van der Waals surface area contributed by atoms with Gasteiger partial charge >= 0.3 is 0 Å². The van der Waals surface area contributed by atoms with Crippen LogP contribution in [-0.2, 0) is 22.3 Å². The van der Waals surface area contributed by atoms with Crippen molar-refractivity contribution in [3.05, 3.63) is 41.1 Å². The van der Waals surface area contributed by atoms with Gasteiger partial charge in [-0.25, -0.2) is 9.97 Å². The van der Waals surface area contributed by atoms with Gasteiger partial charge in [-0.05, 0) is 52.0 Å². The van der Waals surface area contributed by atoms with E-state index in [1.54, 1.807) is 6.20 Å². The second-order valence-corrected chi connectivity index (χ2v) is 10.1. The van der Waals surface area contributed by atoms with Gasteiger partial charge in [0.15, 0.2) is 5.79 Å². The molecule has 4 heterocycles. The summed E-state index contributed by atoms with van der Waals surface area (Å²) >= 11 is 6.52. The number of halogens is 1. The van der Waals surface area contributed by atoms with Gasteiger partial charge in [-0.15, -0.1) is 0 Å². The van der Waals surface area contributed by atoms with E-state index < -0.39 is 5.79 Å². The minimum absolute atomic E-state index is 0.0546. The van der Waals surface area contributed by atoms with Crippen molar-refractivity contribution in [1.29, 1.82) is 0 Å². The molecule has 0 spiro atoms. The Morgan fingerprint density at radius 2 is 2.00 bits per heavy atom. The lowest BCUT2D eigenvalue weighted by atomic mass is 9.95. The van der Waals surface area contributed by atoms with Crippen molar-refractivity contribution in [3.8, 4) is 5.75 Å². The molecule has 2 N–H and O–H groups in total. The van der Waals surface area contributed by atoms with Gasteiger partial charge < -0.3 is 24.5 Å². The highest BCUT2D eigenvalue weighted by Crippen LogP contribution is 2.48. The topological polar surface area (TPSA) is 97.3 Å². The fourth-order valence-corrected chi connectivity index (χ4v) is 5.93. The molecule has 174 valence electrons. The molecule has 0 amide bonds. The predicted molar refractivity (Wildman–Crippen MR) is 124 cm³/mol. The number of aromatic nitrogens is 4. The fraction of sp³-hybridized carbons (Fsp3) is 0.542. The fourth-order valence-electron chi connectivity index (χ4n) is 5.71. The first kappa shape index (κ1) is 21.1. The quantitative estimate of drug-likeness (QED) is 0.614. The molecule has 6 rings (SSSR count). The number of aryl methyl sites for hydroxylation is 1. The zero-order chi connectivity index (χ0) is 22.7. The van der Waals surface area contributed by atoms with E-state index in [-0.39, 0.29) is 24.2 Å². The number of rotatable bonds is 4. The van der Waals surface area contributed by atoms with E-state index in [4.69, 9.17) is 31.5 Å². The summed E-state index contributed by atoms with van der Waals surface area (Å²) in [6, 6.07) is 2.02. The third-order valence-electron chi connectivity index (χ3n) is 7.15. The molecule has 0 radical (unpaired) electrons. The number of pyridine rings is 1. The van der Waals surface area contributed by atoms with E-state index >= 15 is 0 Å². The van der Waals surface area contributed by atoms with Crippen LogP contribution < -0.4 is 10.5 Å². The van der Waals surface area contributed by atoms with Gasteiger partial charge in [0.25, 0.3) is 0 Å². The first-order valence-corrected chi connectivity index (χ1v) is 12.0. The number of nitrogens with zero attached hydrogens (tertiary/aromatic N) is 4. The van der Waals surface area contributed by atoms with Crippen molar-refractivity contribution in [2.24, 2.45) is 5.92 Å². The number of nitrogens with two attached hydrogens (primary N) is 1. The zero-order valence-electron chi connectivity index (χ0n) is 18.8. The zero-order valence-corrected chi connectivity index (χ0v) is 19.6. The van der Waals surface area contributed by atoms with Crippen LogP contribution in [0.2, 0.25) is 5.02 Å². The highest BCUT2D eigenvalue weighted by atomic mass is 35.5. The molecule has 0 bridgehead atoms. The largest absolute Gasteiger partial charge is 0.491 e. The minimum Gasteiger partial charge on any atom is -0.491 e. The average molecular weight is 470 g/mol. The molecule has 2 aliphatic carbocycles. The maximum Gasteiger partial charge on any atom is 0.163 e. The number of ether oxygens (including phenoxy) is 3. The molecule has 4 atom stereocenters. The summed E-state index contributed by atoms with van der Waals surface area (Å²) in [6.45, 7) is 4.43. The van der Waals surface area contributed by atoms with Crippen molar-refractivity contribution >= 4 is 28.5 Å². The third kappa shape index (κ3) is 3.55. The molecule has 3 aliphatic rings. The Morgan fingerprint density at radius 1 is 1.18 bits per heavy atom. The summed E-state index contributed by atoms with van der Waals surface area (Å²) in [7, 11) is 0. The maximum atomic E-state index is 6.52. The predicted octanol–water partition coefficient (Wildman–Crippen LogP) is 4.10. The standard InChI is InChI=1S/C24H28ClN5O3/c1-24(2)32-19-13(11-31-20-14-5-3-4-6-17(14)27-10-16(20)25)9-18(21(19)33-24)30-8-7-15-22(26)28-12-29-23(15)30/h7-8,10,12-13,18-19,21H,3-6,9,11H2,1-2H3,(H2,26,28,29)/t13?,18-,19-,21+/m1/s1. The molecular formula is C24H28ClN5O3. The lowest BCUT2D eigenvalue weighted by molar-refractivity contribution is -0.161. The Labute approximate surface area is 197 Å². The van der Waals surface area contributed by atoms with Crippen molar-refractivity contribution < 1.29 is 14.2 Å². The highest BCUT2D eigenvalue weighted by Gasteiger charge is 2.55. The Bertz CT molecular complexity index is 1210. The molecule has 2 fully saturated rings. The van der Waals surface area contributed by atoms with E-state index in [2.05, 4.69) is 19.5 Å². The van der Waals surface area contributed by atoms with E-state index in [1.807, 2.05) is 26.1 Å². The summed E-state index contributed by atoms with van der Waals surface area (Å²) in [5, 5.41) is 1.43. The van der Waals surface area contributed by atoms with Gasteiger partial charge in [0, 0.05) is 29.6 Å². The van der Waals surface area contributed by atoms with Gasteiger partial charge in [0.1, 0.15) is 34.7 Å². The number of nitrogen functional groups attached to an aromatic ring is 1. The minimum atomic E-state index is -0.656. The molecule has 1 unspecified atom stereocenters. The lowest BCUT2D eigenvalue weighted by Crippen LogP contribution is -2.29. The van der Waals surface area contributed by atoms with Gasteiger partial charge in [0.05, 0.1) is 24.1 Å². The van der Waals surface area contributed by atoms with E-state index in [0.29, 0.717) is 17.4 Å². The van der Waals surface area contributed by atoms with Crippen molar-refractivity contribution in [1.82, 2.24) is 19.5 Å². The Morgan fingerprint density at radius 3 is 2.88 bits per heavy atom. The summed E-state index contributed by atoms with van der Waals surface area (Å²) in [4.78, 5) is 13.1. The normalized spacial score (nSPS) is 28.1. The van der Waals surface area contributed by atoms with Crippen molar-refractivity contribution in [2.45, 2.75) is 70.0 Å². The number of hydrogen-bond acceptors (Lipinski definition) is 7. The van der Waals surface area contributed by atoms with Crippen LogP contribution in [0, 0.1) is 5.92 Å². The molecule has 1 saturated heterocycles. The van der Waals surface area contributed by atoms with Gasteiger partial charge in [-0.2, -0.15) is 0 Å². The number of anilines is 1. The van der Waals surface area contributed by atoms with Crippen LogP contribution in [0.5, 0.6) is 5.75 Å². The lowest BCUT2D eigenvalue weighted by Gasteiger charge is -2.25. The van der Waals surface area contributed by atoms with E-state index in [0.717, 1.165) is 60.1 Å². The van der Waals surface area contributed by atoms with Crippen molar-refractivity contribution in [2.75, 3.05) is 12.3 Å². The molecular weight excluding hydrogens is 442 g/mol. The molecule has 0 aromatic carbocycles.